The first-order chi connectivity index (χ1) is 9.68. The highest BCUT2D eigenvalue weighted by atomic mass is 19.4. The van der Waals surface area contributed by atoms with E-state index in [-0.39, 0.29) is 12.5 Å². The molecule has 2 aliphatic heterocycles. The number of ether oxygens (including phenoxy) is 1. The van der Waals surface area contributed by atoms with E-state index in [0.717, 1.165) is 32.8 Å². The van der Waals surface area contributed by atoms with Gasteiger partial charge in [-0.25, -0.2) is 0 Å². The van der Waals surface area contributed by atoms with Crippen LogP contribution in [-0.4, -0.2) is 68.0 Å². The lowest BCUT2D eigenvalue weighted by Crippen LogP contribution is -2.52. The Hall–Kier alpha value is -0.330. The lowest BCUT2D eigenvalue weighted by atomic mass is 9.73. The van der Waals surface area contributed by atoms with Gasteiger partial charge in [0.05, 0.1) is 18.6 Å². The van der Waals surface area contributed by atoms with Gasteiger partial charge in [0.25, 0.3) is 0 Å². The lowest BCUT2D eigenvalue weighted by molar-refractivity contribution is -0.217. The van der Waals surface area contributed by atoms with Gasteiger partial charge in [-0.15, -0.1) is 0 Å². The van der Waals surface area contributed by atoms with E-state index in [1.54, 1.807) is 13.8 Å². The van der Waals surface area contributed by atoms with Crippen LogP contribution < -0.4 is 0 Å². The monoisotopic (exact) mass is 308 g/mol. The molecule has 6 heteroatoms. The van der Waals surface area contributed by atoms with Gasteiger partial charge in [0.1, 0.15) is 0 Å². The van der Waals surface area contributed by atoms with E-state index in [9.17, 15) is 13.2 Å². The molecule has 0 saturated carbocycles. The van der Waals surface area contributed by atoms with Crippen LogP contribution in [0.4, 0.5) is 13.2 Å². The van der Waals surface area contributed by atoms with Gasteiger partial charge in [0.2, 0.25) is 0 Å². The average molecular weight is 308 g/mol. The average Bonchev–Trinajstić information content (AvgIpc) is 2.33. The number of nitrogens with zero attached hydrogens (tertiary/aromatic N) is 2. The van der Waals surface area contributed by atoms with Crippen LogP contribution in [0.15, 0.2) is 0 Å². The van der Waals surface area contributed by atoms with Crippen LogP contribution in [0.3, 0.4) is 0 Å². The molecule has 2 saturated heterocycles. The minimum atomic E-state index is -4.07. The van der Waals surface area contributed by atoms with Gasteiger partial charge in [0.15, 0.2) is 0 Å². The van der Waals surface area contributed by atoms with E-state index in [1.807, 2.05) is 0 Å². The molecule has 0 unspecified atom stereocenters. The Morgan fingerprint density at radius 3 is 2.38 bits per heavy atom. The molecular weight excluding hydrogens is 281 g/mol. The maximum absolute atomic E-state index is 13.0. The van der Waals surface area contributed by atoms with E-state index < -0.39 is 17.5 Å². The molecule has 0 aromatic heterocycles. The van der Waals surface area contributed by atoms with Crippen molar-refractivity contribution in [3.8, 4) is 0 Å². The molecule has 2 atom stereocenters. The molecule has 2 rings (SSSR count). The third kappa shape index (κ3) is 4.57. The summed E-state index contributed by atoms with van der Waals surface area (Å²) in [5.74, 6) is -1.18. The molecule has 0 N–H and O–H groups in total. The fraction of sp³-hybridized carbons (Fsp3) is 1.00. The normalized spacial score (nSPS) is 32.3. The second-order valence-corrected chi connectivity index (χ2v) is 7.13. The molecule has 2 fully saturated rings. The van der Waals surface area contributed by atoms with Crippen molar-refractivity contribution in [1.82, 2.24) is 9.80 Å². The van der Waals surface area contributed by atoms with Gasteiger partial charge >= 0.3 is 6.18 Å². The van der Waals surface area contributed by atoms with Crippen molar-refractivity contribution < 1.29 is 17.9 Å². The second-order valence-electron chi connectivity index (χ2n) is 7.13. The number of hydrogen-bond donors (Lipinski definition) is 0. The Bertz CT molecular complexity index is 346. The Balaban J connectivity index is 1.81. The number of rotatable bonds is 3. The molecule has 0 aromatic rings. The summed E-state index contributed by atoms with van der Waals surface area (Å²) in [5, 5.41) is 0. The van der Waals surface area contributed by atoms with Crippen molar-refractivity contribution in [2.24, 2.45) is 11.3 Å². The predicted molar refractivity (Wildman–Crippen MR) is 76.2 cm³/mol. The number of piperidine rings is 1. The molecule has 2 aliphatic rings. The molecule has 21 heavy (non-hydrogen) atoms. The molecule has 0 spiro atoms. The maximum Gasteiger partial charge on any atom is 0.392 e. The van der Waals surface area contributed by atoms with E-state index >= 15 is 0 Å². The molecule has 3 nitrogen and oxygen atoms in total. The molecule has 0 bridgehead atoms. The van der Waals surface area contributed by atoms with Gasteiger partial charge < -0.3 is 9.64 Å². The van der Waals surface area contributed by atoms with Crippen LogP contribution in [0.1, 0.15) is 27.2 Å². The summed E-state index contributed by atoms with van der Waals surface area (Å²) < 4.78 is 44.6. The van der Waals surface area contributed by atoms with Gasteiger partial charge in [0, 0.05) is 32.7 Å². The third-order valence-corrected chi connectivity index (χ3v) is 4.76. The third-order valence-electron chi connectivity index (χ3n) is 4.76. The molecule has 0 aliphatic carbocycles. The zero-order valence-electron chi connectivity index (χ0n) is 13.2. The highest BCUT2D eigenvalue weighted by Gasteiger charge is 2.50. The van der Waals surface area contributed by atoms with E-state index in [2.05, 4.69) is 16.7 Å². The fourth-order valence-corrected chi connectivity index (χ4v) is 3.64. The van der Waals surface area contributed by atoms with Gasteiger partial charge in [-0.3, -0.25) is 4.90 Å². The first kappa shape index (κ1) is 17.0. The van der Waals surface area contributed by atoms with E-state index in [1.165, 1.54) is 0 Å². The molecule has 2 heterocycles. The van der Waals surface area contributed by atoms with Crippen molar-refractivity contribution in [3.05, 3.63) is 0 Å². The number of halogens is 3. The van der Waals surface area contributed by atoms with Crippen LogP contribution in [0.5, 0.6) is 0 Å². The van der Waals surface area contributed by atoms with E-state index in [0.29, 0.717) is 13.1 Å². The predicted octanol–water partition coefficient (Wildman–Crippen LogP) is 2.62. The topological polar surface area (TPSA) is 15.7 Å². The summed E-state index contributed by atoms with van der Waals surface area (Å²) in [7, 11) is 0. The molecule has 0 radical (unpaired) electrons. The lowest BCUT2D eigenvalue weighted by Gasteiger charge is -2.45. The van der Waals surface area contributed by atoms with Crippen molar-refractivity contribution in [2.75, 3.05) is 45.9 Å². The van der Waals surface area contributed by atoms with Crippen LogP contribution in [0.2, 0.25) is 0 Å². The largest absolute Gasteiger partial charge is 0.392 e. The number of morpholine rings is 1. The van der Waals surface area contributed by atoms with Crippen molar-refractivity contribution >= 4 is 0 Å². The SMILES string of the molecule is C[C@@H]1CN(CCN2CC[C@H](C(F)(F)F)C(C)(C)C2)CCO1. The van der Waals surface area contributed by atoms with Crippen molar-refractivity contribution in [3.63, 3.8) is 0 Å². The Morgan fingerprint density at radius 2 is 1.81 bits per heavy atom. The number of likely N-dealkylation sites (tertiary alicyclic amines) is 1. The van der Waals surface area contributed by atoms with Gasteiger partial charge in [-0.2, -0.15) is 13.2 Å². The minimum Gasteiger partial charge on any atom is -0.376 e. The molecular formula is C15H27F3N2O. The summed E-state index contributed by atoms with van der Waals surface area (Å²) >= 11 is 0. The Kier molecular flexibility index (Phi) is 5.21. The first-order valence-corrected chi connectivity index (χ1v) is 7.81. The minimum absolute atomic E-state index is 0.218. The van der Waals surface area contributed by atoms with Crippen molar-refractivity contribution in [1.29, 1.82) is 0 Å². The zero-order valence-corrected chi connectivity index (χ0v) is 13.2. The summed E-state index contributed by atoms with van der Waals surface area (Å²) in [6.07, 6.45) is -3.60. The zero-order chi connectivity index (χ0) is 15.7. The quantitative estimate of drug-likeness (QED) is 0.797. The van der Waals surface area contributed by atoms with Crippen LogP contribution >= 0.6 is 0 Å². The summed E-state index contributed by atoms with van der Waals surface area (Å²) in [6, 6.07) is 0. The van der Waals surface area contributed by atoms with Crippen molar-refractivity contribution in [2.45, 2.75) is 39.5 Å². The highest BCUT2D eigenvalue weighted by Crippen LogP contribution is 2.44. The Labute approximate surface area is 125 Å². The highest BCUT2D eigenvalue weighted by molar-refractivity contribution is 4.91. The molecule has 0 aromatic carbocycles. The van der Waals surface area contributed by atoms with Crippen LogP contribution in [-0.2, 0) is 4.74 Å². The maximum atomic E-state index is 13.0. The molecule has 0 amide bonds. The Morgan fingerprint density at radius 1 is 1.14 bits per heavy atom. The summed E-state index contributed by atoms with van der Waals surface area (Å²) in [5.41, 5.74) is -0.700. The van der Waals surface area contributed by atoms with Gasteiger partial charge in [-0.05, 0) is 25.3 Å². The number of alkyl halides is 3. The fourth-order valence-electron chi connectivity index (χ4n) is 3.64. The van der Waals surface area contributed by atoms with E-state index in [4.69, 9.17) is 4.74 Å². The summed E-state index contributed by atoms with van der Waals surface area (Å²) in [4.78, 5) is 4.53. The molecule has 124 valence electrons. The second kappa shape index (κ2) is 6.42. The van der Waals surface area contributed by atoms with Gasteiger partial charge in [-0.1, -0.05) is 13.8 Å². The summed E-state index contributed by atoms with van der Waals surface area (Å²) in [6.45, 7) is 11.0. The van der Waals surface area contributed by atoms with Crippen LogP contribution in [0.25, 0.3) is 0 Å². The first-order valence-electron chi connectivity index (χ1n) is 7.81. The van der Waals surface area contributed by atoms with Crippen LogP contribution in [0, 0.1) is 11.3 Å². The number of hydrogen-bond acceptors (Lipinski definition) is 3. The standard InChI is InChI=1S/C15H27F3N2O/c1-12-10-19(8-9-21-12)6-7-20-5-4-13(15(16,17)18)14(2,3)11-20/h12-13H,4-11H2,1-3H3/t12-,13+/m1/s1. The smallest absolute Gasteiger partial charge is 0.376 e.